The second kappa shape index (κ2) is 5.28. The minimum atomic E-state index is -0.771. The molecule has 1 aromatic carbocycles. The smallest absolute Gasteiger partial charge is 0.325 e. The second-order valence-corrected chi connectivity index (χ2v) is 4.80. The lowest BCUT2D eigenvalue weighted by atomic mass is 10.1. The average molecular weight is 282 g/mol. The van der Waals surface area contributed by atoms with Gasteiger partial charge in [-0.05, 0) is 17.7 Å². The molecule has 1 unspecified atom stereocenters. The monoisotopic (exact) mass is 282 g/mol. The molecular weight excluding hydrogens is 268 g/mol. The molecule has 0 radical (unpaired) electrons. The summed E-state index contributed by atoms with van der Waals surface area (Å²) >= 11 is 0. The van der Waals surface area contributed by atoms with Crippen LogP contribution in [-0.4, -0.2) is 22.9 Å². The molecule has 0 spiro atoms. The molecule has 0 bridgehead atoms. The van der Waals surface area contributed by atoms with E-state index in [0.29, 0.717) is 11.3 Å². The van der Waals surface area contributed by atoms with Gasteiger partial charge in [-0.1, -0.05) is 36.9 Å². The third-order valence-corrected chi connectivity index (χ3v) is 3.40. The first-order valence-electron chi connectivity index (χ1n) is 6.55. The van der Waals surface area contributed by atoms with Crippen LogP contribution in [0.4, 0.5) is 4.79 Å². The van der Waals surface area contributed by atoms with Crippen molar-refractivity contribution in [2.75, 3.05) is 0 Å². The van der Waals surface area contributed by atoms with Gasteiger partial charge in [-0.2, -0.15) is 0 Å². The molecule has 1 atom stereocenters. The lowest BCUT2D eigenvalue weighted by molar-refractivity contribution is -0.126. The number of hydrogen-bond donors (Lipinski definition) is 1. The van der Waals surface area contributed by atoms with Crippen molar-refractivity contribution < 1.29 is 14.0 Å². The molecule has 5 heteroatoms. The SMILES string of the molecule is C=C(c1ccco1)C1NC(=O)N(Cc2ccccc2)C1=O. The maximum Gasteiger partial charge on any atom is 0.325 e. The minimum Gasteiger partial charge on any atom is -0.465 e. The fourth-order valence-electron chi connectivity index (χ4n) is 2.27. The van der Waals surface area contributed by atoms with E-state index in [4.69, 9.17) is 4.42 Å². The van der Waals surface area contributed by atoms with Crippen molar-refractivity contribution in [2.24, 2.45) is 0 Å². The van der Waals surface area contributed by atoms with Crippen LogP contribution in [0.1, 0.15) is 11.3 Å². The van der Waals surface area contributed by atoms with E-state index in [9.17, 15) is 9.59 Å². The van der Waals surface area contributed by atoms with E-state index in [0.717, 1.165) is 5.56 Å². The van der Waals surface area contributed by atoms with Gasteiger partial charge >= 0.3 is 6.03 Å². The van der Waals surface area contributed by atoms with E-state index in [1.54, 1.807) is 12.1 Å². The van der Waals surface area contributed by atoms with Crippen LogP contribution in [0.3, 0.4) is 0 Å². The Labute approximate surface area is 121 Å². The molecule has 1 aromatic heterocycles. The highest BCUT2D eigenvalue weighted by Crippen LogP contribution is 2.23. The number of nitrogens with zero attached hydrogens (tertiary/aromatic N) is 1. The topological polar surface area (TPSA) is 62.6 Å². The van der Waals surface area contributed by atoms with Gasteiger partial charge in [0.05, 0.1) is 12.8 Å². The zero-order valence-electron chi connectivity index (χ0n) is 11.3. The molecule has 0 aliphatic carbocycles. The van der Waals surface area contributed by atoms with E-state index in [2.05, 4.69) is 11.9 Å². The summed E-state index contributed by atoms with van der Waals surface area (Å²) < 4.78 is 5.22. The van der Waals surface area contributed by atoms with Crippen LogP contribution >= 0.6 is 0 Å². The summed E-state index contributed by atoms with van der Waals surface area (Å²) in [6.07, 6.45) is 1.50. The summed E-state index contributed by atoms with van der Waals surface area (Å²) in [7, 11) is 0. The van der Waals surface area contributed by atoms with Crippen LogP contribution in [0.2, 0.25) is 0 Å². The van der Waals surface area contributed by atoms with Crippen molar-refractivity contribution >= 4 is 17.5 Å². The Morgan fingerprint density at radius 3 is 2.62 bits per heavy atom. The van der Waals surface area contributed by atoms with E-state index >= 15 is 0 Å². The standard InChI is InChI=1S/C16H14N2O3/c1-11(13-8-5-9-21-13)14-15(19)18(16(20)17-14)10-12-6-3-2-4-7-12/h2-9,14H,1,10H2,(H,17,20). The van der Waals surface area contributed by atoms with Gasteiger partial charge in [0, 0.05) is 5.57 Å². The normalized spacial score (nSPS) is 17.9. The first-order valence-corrected chi connectivity index (χ1v) is 6.55. The van der Waals surface area contributed by atoms with E-state index in [-0.39, 0.29) is 12.5 Å². The first-order chi connectivity index (χ1) is 10.2. The van der Waals surface area contributed by atoms with Gasteiger partial charge < -0.3 is 9.73 Å². The van der Waals surface area contributed by atoms with Crippen LogP contribution in [0.25, 0.3) is 5.57 Å². The summed E-state index contributed by atoms with van der Waals surface area (Å²) in [6, 6.07) is 11.6. The number of nitrogens with one attached hydrogen (secondary N) is 1. The van der Waals surface area contributed by atoms with Crippen molar-refractivity contribution in [3.05, 3.63) is 66.6 Å². The van der Waals surface area contributed by atoms with Crippen LogP contribution in [0.15, 0.2) is 59.7 Å². The van der Waals surface area contributed by atoms with Gasteiger partial charge in [-0.15, -0.1) is 0 Å². The molecule has 2 aromatic rings. The molecule has 5 nitrogen and oxygen atoms in total. The van der Waals surface area contributed by atoms with Gasteiger partial charge in [0.1, 0.15) is 11.8 Å². The van der Waals surface area contributed by atoms with Gasteiger partial charge in [-0.3, -0.25) is 9.69 Å². The predicted molar refractivity (Wildman–Crippen MR) is 77.1 cm³/mol. The van der Waals surface area contributed by atoms with Crippen LogP contribution in [-0.2, 0) is 11.3 Å². The van der Waals surface area contributed by atoms with E-state index in [1.807, 2.05) is 30.3 Å². The maximum absolute atomic E-state index is 12.4. The van der Waals surface area contributed by atoms with Crippen molar-refractivity contribution in [1.82, 2.24) is 10.2 Å². The molecule has 2 heterocycles. The van der Waals surface area contributed by atoms with E-state index < -0.39 is 12.1 Å². The molecule has 1 fully saturated rings. The fourth-order valence-corrected chi connectivity index (χ4v) is 2.27. The van der Waals surface area contributed by atoms with Crippen molar-refractivity contribution in [3.63, 3.8) is 0 Å². The van der Waals surface area contributed by atoms with Crippen molar-refractivity contribution in [1.29, 1.82) is 0 Å². The fraction of sp³-hybridized carbons (Fsp3) is 0.125. The molecule has 1 saturated heterocycles. The van der Waals surface area contributed by atoms with Gasteiger partial charge in [0.15, 0.2) is 0 Å². The number of benzene rings is 1. The summed E-state index contributed by atoms with van der Waals surface area (Å²) in [5, 5.41) is 2.64. The summed E-state index contributed by atoms with van der Waals surface area (Å²) in [4.78, 5) is 25.6. The van der Waals surface area contributed by atoms with Crippen LogP contribution in [0, 0.1) is 0 Å². The first kappa shape index (κ1) is 13.2. The van der Waals surface area contributed by atoms with Crippen molar-refractivity contribution in [3.8, 4) is 0 Å². The number of imide groups is 1. The summed E-state index contributed by atoms with van der Waals surface area (Å²) in [6.45, 7) is 4.09. The number of carbonyl (C=O) groups excluding carboxylic acids is 2. The highest BCUT2D eigenvalue weighted by molar-refractivity contribution is 6.10. The number of furan rings is 1. The van der Waals surface area contributed by atoms with E-state index in [1.165, 1.54) is 11.2 Å². The third kappa shape index (κ3) is 2.45. The molecule has 3 amide bonds. The quantitative estimate of drug-likeness (QED) is 0.876. The van der Waals surface area contributed by atoms with Gasteiger partial charge in [0.25, 0.3) is 5.91 Å². The third-order valence-electron chi connectivity index (χ3n) is 3.40. The second-order valence-electron chi connectivity index (χ2n) is 4.80. The minimum absolute atomic E-state index is 0.243. The molecule has 21 heavy (non-hydrogen) atoms. The number of urea groups is 1. The summed E-state index contributed by atoms with van der Waals surface area (Å²) in [5.74, 6) is 0.181. The largest absolute Gasteiger partial charge is 0.465 e. The Morgan fingerprint density at radius 1 is 1.19 bits per heavy atom. The molecule has 1 N–H and O–H groups in total. The average Bonchev–Trinajstić information content (AvgIpc) is 3.12. The maximum atomic E-state index is 12.4. The zero-order chi connectivity index (χ0) is 14.8. The molecule has 1 aliphatic heterocycles. The Balaban J connectivity index is 1.78. The Hall–Kier alpha value is -2.82. The molecular formula is C16H14N2O3. The van der Waals surface area contributed by atoms with Crippen molar-refractivity contribution in [2.45, 2.75) is 12.6 Å². The highest BCUT2D eigenvalue weighted by Gasteiger charge is 2.40. The van der Waals surface area contributed by atoms with Crippen LogP contribution < -0.4 is 5.32 Å². The number of hydrogen-bond acceptors (Lipinski definition) is 3. The lowest BCUT2D eigenvalue weighted by Crippen LogP contribution is -2.31. The molecule has 106 valence electrons. The zero-order valence-corrected chi connectivity index (χ0v) is 11.3. The molecule has 3 rings (SSSR count). The highest BCUT2D eigenvalue weighted by atomic mass is 16.3. The Kier molecular flexibility index (Phi) is 3.31. The van der Waals surface area contributed by atoms with Crippen LogP contribution in [0.5, 0.6) is 0 Å². The Bertz CT molecular complexity index is 677. The molecule has 1 aliphatic rings. The van der Waals surface area contributed by atoms with Gasteiger partial charge in [-0.25, -0.2) is 4.79 Å². The number of rotatable bonds is 4. The lowest BCUT2D eigenvalue weighted by Gasteiger charge is -2.13. The number of carbonyl (C=O) groups is 2. The predicted octanol–water partition coefficient (Wildman–Crippen LogP) is 2.41. The van der Waals surface area contributed by atoms with Gasteiger partial charge in [0.2, 0.25) is 0 Å². The number of amides is 3. The summed E-state index contributed by atoms with van der Waals surface area (Å²) in [5.41, 5.74) is 1.35. The Morgan fingerprint density at radius 2 is 1.95 bits per heavy atom. The molecule has 0 saturated carbocycles.